The van der Waals surface area contributed by atoms with Crippen molar-refractivity contribution < 1.29 is 59.2 Å². The molecule has 4 saturated carbocycles. The third-order valence-corrected chi connectivity index (χ3v) is 14.5. The van der Waals surface area contributed by atoms with Crippen molar-refractivity contribution in [1.82, 2.24) is 0 Å². The number of ketones is 2. The number of aliphatic hydroxyl groups is 6. The summed E-state index contributed by atoms with van der Waals surface area (Å²) < 4.78 is 18.1. The van der Waals surface area contributed by atoms with Gasteiger partial charge in [0.2, 0.25) is 0 Å². The Hall–Kier alpha value is -1.77. The van der Waals surface area contributed by atoms with Crippen LogP contribution in [0.3, 0.4) is 0 Å². The monoisotopic (exact) mass is 692 g/mol. The summed E-state index contributed by atoms with van der Waals surface area (Å²) in [4.78, 5) is 40.1. The van der Waals surface area contributed by atoms with E-state index >= 15 is 0 Å². The minimum atomic E-state index is -1.67. The van der Waals surface area contributed by atoms with E-state index in [1.807, 2.05) is 13.8 Å². The highest BCUT2D eigenvalue weighted by atomic mass is 16.7. The molecule has 0 aromatic carbocycles. The summed E-state index contributed by atoms with van der Waals surface area (Å²) >= 11 is 0. The van der Waals surface area contributed by atoms with Crippen LogP contribution in [0.4, 0.5) is 0 Å². The zero-order valence-corrected chi connectivity index (χ0v) is 30.0. The third-order valence-electron chi connectivity index (χ3n) is 14.5. The molecule has 15 atom stereocenters. The van der Waals surface area contributed by atoms with E-state index in [0.717, 1.165) is 18.4 Å². The molecule has 49 heavy (non-hydrogen) atoms. The lowest BCUT2D eigenvalue weighted by Gasteiger charge is -2.61. The largest absolute Gasteiger partial charge is 0.462 e. The number of ether oxygens (including phenoxy) is 3. The van der Waals surface area contributed by atoms with Gasteiger partial charge in [0, 0.05) is 35.5 Å². The van der Waals surface area contributed by atoms with Gasteiger partial charge in [-0.3, -0.25) is 14.4 Å². The van der Waals surface area contributed by atoms with Crippen LogP contribution in [-0.4, -0.2) is 109 Å². The van der Waals surface area contributed by atoms with E-state index in [-0.39, 0.29) is 30.5 Å². The second-order valence-corrected chi connectivity index (χ2v) is 17.8. The first-order valence-electron chi connectivity index (χ1n) is 17.9. The van der Waals surface area contributed by atoms with Gasteiger partial charge in [-0.15, -0.1) is 0 Å². The van der Waals surface area contributed by atoms with Crippen LogP contribution in [0.1, 0.15) is 93.9 Å². The van der Waals surface area contributed by atoms with Crippen LogP contribution < -0.4 is 0 Å². The fourth-order valence-corrected chi connectivity index (χ4v) is 11.9. The zero-order chi connectivity index (χ0) is 36.4. The molecular formula is C37H56O12. The van der Waals surface area contributed by atoms with Gasteiger partial charge >= 0.3 is 5.97 Å². The molecule has 12 heteroatoms. The number of rotatable bonds is 8. The summed E-state index contributed by atoms with van der Waals surface area (Å²) in [7, 11) is 0. The lowest BCUT2D eigenvalue weighted by molar-refractivity contribution is -0.301. The Bertz CT molecular complexity index is 1420. The first-order chi connectivity index (χ1) is 22.5. The van der Waals surface area contributed by atoms with Gasteiger partial charge in [-0.1, -0.05) is 46.3 Å². The number of allylic oxidation sites excluding steroid dienone is 1. The number of hydrogen-bond acceptors (Lipinski definition) is 12. The summed E-state index contributed by atoms with van der Waals surface area (Å²) in [6, 6.07) is 0. The van der Waals surface area contributed by atoms with Crippen LogP contribution in [-0.2, 0) is 28.6 Å². The quantitative estimate of drug-likeness (QED) is 0.159. The Labute approximate surface area is 288 Å². The Morgan fingerprint density at radius 1 is 1.08 bits per heavy atom. The minimum absolute atomic E-state index is 0.106. The summed E-state index contributed by atoms with van der Waals surface area (Å²) in [6.07, 6.45) is -3.92. The maximum absolute atomic E-state index is 14.3. The second-order valence-electron chi connectivity index (χ2n) is 17.8. The predicted molar refractivity (Wildman–Crippen MR) is 173 cm³/mol. The number of aliphatic hydroxyl groups excluding tert-OH is 5. The van der Waals surface area contributed by atoms with Gasteiger partial charge in [0.05, 0.1) is 18.3 Å². The number of carbonyl (C=O) groups is 3. The van der Waals surface area contributed by atoms with Crippen LogP contribution in [0.25, 0.3) is 0 Å². The van der Waals surface area contributed by atoms with E-state index in [4.69, 9.17) is 14.2 Å². The molecule has 1 heterocycles. The molecule has 2 spiro atoms. The summed E-state index contributed by atoms with van der Waals surface area (Å²) in [6.45, 7) is 13.7. The van der Waals surface area contributed by atoms with E-state index in [1.165, 1.54) is 20.8 Å². The zero-order valence-electron chi connectivity index (χ0n) is 30.0. The molecule has 5 aliphatic carbocycles. The average molecular weight is 693 g/mol. The Balaban J connectivity index is 1.35. The van der Waals surface area contributed by atoms with Crippen molar-refractivity contribution in [2.24, 2.45) is 44.8 Å². The van der Waals surface area contributed by atoms with Gasteiger partial charge in [-0.05, 0) is 68.6 Å². The Kier molecular flexibility index (Phi) is 8.77. The molecule has 0 amide bonds. The highest BCUT2D eigenvalue weighted by Gasteiger charge is 2.85. The van der Waals surface area contributed by atoms with Gasteiger partial charge in [0.1, 0.15) is 36.6 Å². The molecule has 0 radical (unpaired) electrons. The smallest absolute Gasteiger partial charge is 0.302 e. The van der Waals surface area contributed by atoms with Gasteiger partial charge in [-0.25, -0.2) is 0 Å². The number of fused-ring (bicyclic) bond motifs is 2. The van der Waals surface area contributed by atoms with Crippen LogP contribution in [0, 0.1) is 44.8 Å². The van der Waals surface area contributed by atoms with E-state index in [9.17, 15) is 45.0 Å². The first kappa shape index (κ1) is 37.0. The van der Waals surface area contributed by atoms with Gasteiger partial charge in [0.15, 0.2) is 17.9 Å². The van der Waals surface area contributed by atoms with Crippen molar-refractivity contribution in [3.63, 3.8) is 0 Å². The normalized spacial score (nSPS) is 48.2. The molecule has 0 aromatic rings. The molecule has 12 nitrogen and oxygen atoms in total. The van der Waals surface area contributed by atoms with E-state index < -0.39 is 99.5 Å². The summed E-state index contributed by atoms with van der Waals surface area (Å²) in [5, 5.41) is 63.6. The molecule has 6 N–H and O–H groups in total. The number of esters is 1. The average Bonchev–Trinajstić information content (AvgIpc) is 3.62. The van der Waals surface area contributed by atoms with E-state index in [2.05, 4.69) is 19.9 Å². The van der Waals surface area contributed by atoms with Crippen molar-refractivity contribution in [3.05, 3.63) is 11.6 Å². The van der Waals surface area contributed by atoms with E-state index in [1.54, 1.807) is 6.92 Å². The molecule has 1 saturated heterocycles. The number of Topliss-reactive ketones (excluding diaryl/α,β-unsaturated/α-hetero) is 2. The fourth-order valence-electron chi connectivity index (χ4n) is 11.9. The van der Waals surface area contributed by atoms with Crippen LogP contribution in [0.5, 0.6) is 0 Å². The Morgan fingerprint density at radius 2 is 1.73 bits per heavy atom. The minimum Gasteiger partial charge on any atom is -0.462 e. The summed E-state index contributed by atoms with van der Waals surface area (Å²) in [5.74, 6) is -2.89. The van der Waals surface area contributed by atoms with Crippen molar-refractivity contribution in [1.29, 1.82) is 0 Å². The maximum Gasteiger partial charge on any atom is 0.302 e. The highest BCUT2D eigenvalue weighted by Crippen LogP contribution is 2.88. The molecule has 1 aliphatic heterocycles. The van der Waals surface area contributed by atoms with Crippen molar-refractivity contribution >= 4 is 17.5 Å². The van der Waals surface area contributed by atoms with Crippen LogP contribution in [0.15, 0.2) is 11.6 Å². The van der Waals surface area contributed by atoms with Crippen molar-refractivity contribution in [2.45, 2.75) is 149 Å². The third kappa shape index (κ3) is 4.95. The molecule has 0 bridgehead atoms. The van der Waals surface area contributed by atoms with Gasteiger partial charge in [-0.2, -0.15) is 0 Å². The lowest BCUT2D eigenvalue weighted by Crippen LogP contribution is -2.61. The number of carbonyl (C=O) groups excluding carboxylic acids is 3. The van der Waals surface area contributed by atoms with Gasteiger partial charge in [0.25, 0.3) is 0 Å². The molecule has 6 aliphatic rings. The summed E-state index contributed by atoms with van der Waals surface area (Å²) in [5.41, 5.74) is -3.92. The SMILES string of the molecule is CC(=O)O[C@@H]1C[C@@]23C[C@@]24CC[C@H](O[C@@H]2OC[C@H](O)[C@H](O)[C@H]2O)C(C)(C)C4CC=C3[C@]2(C)[C@@H](O)C(=O)[C@H]([C@H](C)CC(=O)[C@H](O)C(C)(C)O)[C@@]12C. The second kappa shape index (κ2) is 11.6. The molecular weight excluding hydrogens is 636 g/mol. The standard InChI is InChI=1S/C37H56O12/c1-17(13-19(39)29(44)33(5,6)46)25-27(42)30(45)34(7)22-10-9-21-32(3,4)23(49-31-28(43)26(41)20(40)15-47-31)11-12-36(21)16-37(22,36)14-24(35(25,34)8)48-18(2)38/h10,17,20-21,23-26,28-31,40-41,43-46H,9,11-16H2,1-8H3/t17-,20+,21?,23+,24-,25+,26+,28-,29+,30+,31+,34-,35-,36-,37+/m1/s1. The topological polar surface area (TPSA) is 200 Å². The van der Waals surface area contributed by atoms with Crippen LogP contribution in [0.2, 0.25) is 0 Å². The Morgan fingerprint density at radius 3 is 2.35 bits per heavy atom. The molecule has 5 fully saturated rings. The van der Waals surface area contributed by atoms with E-state index in [0.29, 0.717) is 19.3 Å². The van der Waals surface area contributed by atoms with Crippen molar-refractivity contribution in [3.8, 4) is 0 Å². The maximum atomic E-state index is 14.3. The van der Waals surface area contributed by atoms with Crippen LogP contribution >= 0.6 is 0 Å². The van der Waals surface area contributed by atoms with Gasteiger partial charge < -0.3 is 44.8 Å². The molecule has 276 valence electrons. The fraction of sp³-hybridized carbons (Fsp3) is 0.865. The number of hydrogen-bond donors (Lipinski definition) is 6. The van der Waals surface area contributed by atoms with Crippen molar-refractivity contribution in [2.75, 3.05) is 6.61 Å². The highest BCUT2D eigenvalue weighted by molar-refractivity contribution is 5.93. The molecule has 6 rings (SSSR count). The molecule has 1 unspecified atom stereocenters. The lowest BCUT2D eigenvalue weighted by atomic mass is 9.44. The molecule has 0 aromatic heterocycles. The predicted octanol–water partition coefficient (Wildman–Crippen LogP) is 1.59. The first-order valence-corrected chi connectivity index (χ1v) is 17.9.